The number of hydrogen-bond donors (Lipinski definition) is 1. The van der Waals surface area contributed by atoms with Gasteiger partial charge in [0.25, 0.3) is 0 Å². The lowest BCUT2D eigenvalue weighted by molar-refractivity contribution is 0.630. The first kappa shape index (κ1) is 15.3. The fourth-order valence-electron chi connectivity index (χ4n) is 3.24. The van der Waals surface area contributed by atoms with Crippen molar-refractivity contribution in [2.75, 3.05) is 0 Å². The number of fused-ring (bicyclic) bond motifs is 6. The molecular formula is C19H9BrClFN2S. The summed E-state index contributed by atoms with van der Waals surface area (Å²) in [6, 6.07) is 14.9. The number of benzene rings is 3. The molecule has 0 aliphatic heterocycles. The molecule has 0 aliphatic rings. The molecule has 0 spiro atoms. The van der Waals surface area contributed by atoms with Crippen molar-refractivity contribution >= 4 is 70.8 Å². The highest BCUT2D eigenvalue weighted by atomic mass is 79.9. The number of nitrogens with one attached hydrogen (secondary N) is 1. The molecule has 25 heavy (non-hydrogen) atoms. The number of halogens is 3. The molecule has 1 N–H and O–H groups in total. The Balaban J connectivity index is 1.98. The molecule has 122 valence electrons. The normalized spacial score (nSPS) is 11.8. The van der Waals surface area contributed by atoms with E-state index in [0.717, 1.165) is 35.7 Å². The van der Waals surface area contributed by atoms with Gasteiger partial charge in [0.1, 0.15) is 11.6 Å². The van der Waals surface area contributed by atoms with Crippen LogP contribution in [-0.2, 0) is 0 Å². The van der Waals surface area contributed by atoms with Crippen molar-refractivity contribution < 1.29 is 4.39 Å². The van der Waals surface area contributed by atoms with Crippen LogP contribution in [0.2, 0.25) is 5.02 Å². The molecule has 0 fully saturated rings. The molecule has 0 amide bonds. The molecule has 2 aromatic heterocycles. The molecule has 0 atom stereocenters. The number of thiophene rings is 1. The van der Waals surface area contributed by atoms with E-state index in [2.05, 4.69) is 39.1 Å². The summed E-state index contributed by atoms with van der Waals surface area (Å²) in [5, 5.41) is 3.59. The van der Waals surface area contributed by atoms with Crippen molar-refractivity contribution in [1.29, 1.82) is 0 Å². The monoisotopic (exact) mass is 430 g/mol. The van der Waals surface area contributed by atoms with Crippen LogP contribution < -0.4 is 0 Å². The average molecular weight is 432 g/mol. The van der Waals surface area contributed by atoms with Gasteiger partial charge in [-0.25, -0.2) is 9.37 Å². The molecule has 2 heterocycles. The highest BCUT2D eigenvalue weighted by Crippen LogP contribution is 2.41. The van der Waals surface area contributed by atoms with Gasteiger partial charge in [0.05, 0.1) is 25.4 Å². The van der Waals surface area contributed by atoms with Crippen LogP contribution in [0.25, 0.3) is 43.3 Å². The summed E-state index contributed by atoms with van der Waals surface area (Å²) in [6.45, 7) is 0. The third kappa shape index (κ3) is 2.23. The lowest BCUT2D eigenvalue weighted by Gasteiger charge is -2.01. The smallest absolute Gasteiger partial charge is 0.143 e. The van der Waals surface area contributed by atoms with E-state index in [-0.39, 0.29) is 0 Å². The first-order valence-electron chi connectivity index (χ1n) is 7.57. The quantitative estimate of drug-likeness (QED) is 0.300. The zero-order valence-corrected chi connectivity index (χ0v) is 15.8. The second-order valence-electron chi connectivity index (χ2n) is 5.74. The van der Waals surface area contributed by atoms with Crippen LogP contribution in [0.5, 0.6) is 0 Å². The summed E-state index contributed by atoms with van der Waals surface area (Å²) < 4.78 is 16.5. The van der Waals surface area contributed by atoms with Gasteiger partial charge in [-0.1, -0.05) is 41.9 Å². The number of aromatic nitrogens is 2. The molecule has 5 rings (SSSR count). The predicted molar refractivity (Wildman–Crippen MR) is 107 cm³/mol. The lowest BCUT2D eigenvalue weighted by Crippen LogP contribution is -1.87. The third-order valence-electron chi connectivity index (χ3n) is 4.30. The number of imidazole rings is 1. The Morgan fingerprint density at radius 1 is 1.04 bits per heavy atom. The summed E-state index contributed by atoms with van der Waals surface area (Å²) in [5.74, 6) is 0.0525. The maximum Gasteiger partial charge on any atom is 0.143 e. The second kappa shape index (κ2) is 5.53. The number of aromatic amines is 1. The Morgan fingerprint density at radius 2 is 1.84 bits per heavy atom. The molecule has 0 aliphatic carbocycles. The van der Waals surface area contributed by atoms with Crippen LogP contribution in [0.4, 0.5) is 4.39 Å². The van der Waals surface area contributed by atoms with Gasteiger partial charge in [-0.05, 0) is 34.1 Å². The molecule has 0 radical (unpaired) electrons. The van der Waals surface area contributed by atoms with Crippen molar-refractivity contribution in [2.45, 2.75) is 0 Å². The van der Waals surface area contributed by atoms with Gasteiger partial charge in [0, 0.05) is 20.9 Å². The third-order valence-corrected chi connectivity index (χ3v) is 6.29. The first-order chi connectivity index (χ1) is 12.1. The van der Waals surface area contributed by atoms with Crippen LogP contribution in [0.1, 0.15) is 0 Å². The number of H-pyrrole nitrogens is 1. The fourth-order valence-corrected chi connectivity index (χ4v) is 5.13. The van der Waals surface area contributed by atoms with Crippen LogP contribution in [-0.4, -0.2) is 9.97 Å². The van der Waals surface area contributed by atoms with Crippen LogP contribution in [0, 0.1) is 5.82 Å². The standard InChI is InChI=1S/C19H9BrClFN2S/c20-14-8-11-17-16(9-4-1-2-5-10(9)18(11)25-14)23-19(24-17)15-12(21)6-3-7-13(15)22/h1-8H,(H,23,24). The van der Waals surface area contributed by atoms with Crippen molar-refractivity contribution in [1.82, 2.24) is 9.97 Å². The highest BCUT2D eigenvalue weighted by Gasteiger charge is 2.18. The minimum absolute atomic E-state index is 0.298. The van der Waals surface area contributed by atoms with Gasteiger partial charge >= 0.3 is 0 Å². The molecule has 3 aromatic carbocycles. The Labute approximate surface area is 159 Å². The van der Waals surface area contributed by atoms with E-state index < -0.39 is 5.82 Å². The molecule has 0 unspecified atom stereocenters. The average Bonchev–Trinajstić information content (AvgIpc) is 3.18. The SMILES string of the molecule is Fc1cccc(Cl)c1-c1nc2c3cc(Br)sc3c3ccccc3c2[nH]1. The van der Waals surface area contributed by atoms with Gasteiger partial charge in [0.15, 0.2) is 0 Å². The summed E-state index contributed by atoms with van der Waals surface area (Å²) in [6.07, 6.45) is 0. The van der Waals surface area contributed by atoms with E-state index in [1.807, 2.05) is 12.1 Å². The number of rotatable bonds is 1. The van der Waals surface area contributed by atoms with Crippen molar-refractivity contribution in [2.24, 2.45) is 0 Å². The maximum absolute atomic E-state index is 14.3. The Bertz CT molecular complexity index is 1270. The van der Waals surface area contributed by atoms with Gasteiger partial charge in [-0.2, -0.15) is 0 Å². The zero-order chi connectivity index (χ0) is 17.1. The molecule has 5 aromatic rings. The van der Waals surface area contributed by atoms with Gasteiger partial charge < -0.3 is 4.98 Å². The minimum atomic E-state index is -0.390. The van der Waals surface area contributed by atoms with E-state index in [1.54, 1.807) is 23.5 Å². The molecule has 6 heteroatoms. The number of nitrogens with zero attached hydrogens (tertiary/aromatic N) is 1. The topological polar surface area (TPSA) is 28.7 Å². The molecular weight excluding hydrogens is 423 g/mol. The Hall–Kier alpha value is -1.95. The number of hydrogen-bond acceptors (Lipinski definition) is 2. The maximum atomic E-state index is 14.3. The Morgan fingerprint density at radius 3 is 2.64 bits per heavy atom. The lowest BCUT2D eigenvalue weighted by atomic mass is 10.1. The van der Waals surface area contributed by atoms with Gasteiger partial charge in [0.2, 0.25) is 0 Å². The molecule has 0 saturated heterocycles. The summed E-state index contributed by atoms with van der Waals surface area (Å²) in [7, 11) is 0. The summed E-state index contributed by atoms with van der Waals surface area (Å²) in [5.41, 5.74) is 2.01. The fraction of sp³-hybridized carbons (Fsp3) is 0. The van der Waals surface area contributed by atoms with E-state index in [0.29, 0.717) is 16.4 Å². The second-order valence-corrected chi connectivity index (χ2v) is 8.58. The summed E-state index contributed by atoms with van der Waals surface area (Å²) >= 11 is 11.5. The van der Waals surface area contributed by atoms with E-state index >= 15 is 0 Å². The van der Waals surface area contributed by atoms with E-state index in [1.165, 1.54) is 6.07 Å². The van der Waals surface area contributed by atoms with Crippen LogP contribution in [0.3, 0.4) is 0 Å². The van der Waals surface area contributed by atoms with Crippen molar-refractivity contribution in [3.63, 3.8) is 0 Å². The minimum Gasteiger partial charge on any atom is -0.337 e. The van der Waals surface area contributed by atoms with E-state index in [4.69, 9.17) is 16.6 Å². The predicted octanol–water partition coefficient (Wildman–Crippen LogP) is 7.15. The zero-order valence-electron chi connectivity index (χ0n) is 12.6. The largest absolute Gasteiger partial charge is 0.337 e. The van der Waals surface area contributed by atoms with Crippen LogP contribution >= 0.6 is 38.9 Å². The van der Waals surface area contributed by atoms with E-state index in [9.17, 15) is 4.39 Å². The van der Waals surface area contributed by atoms with Crippen LogP contribution in [0.15, 0.2) is 52.3 Å². The first-order valence-corrected chi connectivity index (χ1v) is 9.56. The van der Waals surface area contributed by atoms with Crippen molar-refractivity contribution in [3.8, 4) is 11.4 Å². The van der Waals surface area contributed by atoms with Crippen molar-refractivity contribution in [3.05, 3.63) is 63.2 Å². The molecule has 2 nitrogen and oxygen atoms in total. The van der Waals surface area contributed by atoms with Gasteiger partial charge in [-0.15, -0.1) is 11.3 Å². The molecule has 0 bridgehead atoms. The van der Waals surface area contributed by atoms with Gasteiger partial charge in [-0.3, -0.25) is 0 Å². The highest BCUT2D eigenvalue weighted by molar-refractivity contribution is 9.11. The Kier molecular flexibility index (Phi) is 3.39. The molecule has 0 saturated carbocycles. The summed E-state index contributed by atoms with van der Waals surface area (Å²) in [4.78, 5) is 7.99.